The molecule has 0 radical (unpaired) electrons. The number of aromatic nitrogens is 3. The normalized spacial score (nSPS) is 11.2. The van der Waals surface area contributed by atoms with Crippen LogP contribution in [0.3, 0.4) is 0 Å². The van der Waals surface area contributed by atoms with Crippen LogP contribution in [-0.4, -0.2) is 20.3 Å². The summed E-state index contributed by atoms with van der Waals surface area (Å²) in [4.78, 5) is 24.7. The Morgan fingerprint density at radius 3 is 2.47 bits per heavy atom. The molecule has 8 heteroatoms. The summed E-state index contributed by atoms with van der Waals surface area (Å²) in [5.41, 5.74) is 7.39. The molecule has 2 N–H and O–H groups in total. The zero-order valence-corrected chi connectivity index (χ0v) is 16.3. The van der Waals surface area contributed by atoms with Gasteiger partial charge in [0.25, 0.3) is 5.56 Å². The minimum absolute atomic E-state index is 0.135. The number of nitrogens with two attached hydrogens (primary N) is 1. The summed E-state index contributed by atoms with van der Waals surface area (Å²) >= 11 is 0. The Morgan fingerprint density at radius 2 is 1.80 bits per heavy atom. The maximum Gasteiger partial charge on any atom is 0.259 e. The third-order valence-corrected chi connectivity index (χ3v) is 5.17. The lowest BCUT2D eigenvalue weighted by Crippen LogP contribution is -2.22. The molecule has 0 aliphatic rings. The summed E-state index contributed by atoms with van der Waals surface area (Å²) in [5.74, 6) is -1.95. The molecule has 0 saturated heterocycles. The number of halogens is 2. The molecule has 2 aromatic carbocycles. The second kappa shape index (κ2) is 7.22. The van der Waals surface area contributed by atoms with E-state index in [1.54, 1.807) is 31.3 Å². The summed E-state index contributed by atoms with van der Waals surface area (Å²) in [6.07, 6.45) is 1.53. The van der Waals surface area contributed by atoms with Crippen LogP contribution in [0.15, 0.2) is 53.5 Å². The van der Waals surface area contributed by atoms with Gasteiger partial charge in [-0.05, 0) is 48.4 Å². The zero-order valence-electron chi connectivity index (χ0n) is 16.3. The first kappa shape index (κ1) is 19.5. The number of carbonyl (C=O) groups is 1. The van der Waals surface area contributed by atoms with E-state index in [0.29, 0.717) is 27.7 Å². The van der Waals surface area contributed by atoms with E-state index < -0.39 is 17.5 Å². The molecule has 6 nitrogen and oxygen atoms in total. The predicted molar refractivity (Wildman–Crippen MR) is 109 cm³/mol. The second-order valence-corrected chi connectivity index (χ2v) is 7.10. The molecule has 4 aromatic rings. The van der Waals surface area contributed by atoms with Crippen molar-refractivity contribution in [2.45, 2.75) is 13.5 Å². The molecule has 0 atom stereocenters. The van der Waals surface area contributed by atoms with Crippen molar-refractivity contribution in [1.29, 1.82) is 0 Å². The molecule has 1 amide bonds. The minimum atomic E-state index is -0.681. The molecule has 2 aromatic heterocycles. The van der Waals surface area contributed by atoms with Crippen molar-refractivity contribution in [3.8, 4) is 11.1 Å². The lowest BCUT2D eigenvalue weighted by molar-refractivity contribution is 0.100. The first-order valence-corrected chi connectivity index (χ1v) is 9.17. The van der Waals surface area contributed by atoms with Crippen molar-refractivity contribution in [2.75, 3.05) is 0 Å². The fraction of sp³-hybridized carbons (Fsp3) is 0.136. The number of fused-ring (bicyclic) bond motifs is 1. The van der Waals surface area contributed by atoms with Crippen LogP contribution in [0.1, 0.15) is 21.5 Å². The highest BCUT2D eigenvalue weighted by molar-refractivity contribution is 5.95. The Kier molecular flexibility index (Phi) is 4.69. The number of benzene rings is 2. The van der Waals surface area contributed by atoms with Crippen molar-refractivity contribution in [1.82, 2.24) is 14.3 Å². The largest absolute Gasteiger partial charge is 0.366 e. The van der Waals surface area contributed by atoms with Crippen LogP contribution in [-0.2, 0) is 13.6 Å². The number of hydrogen-bond donors (Lipinski definition) is 1. The third-order valence-electron chi connectivity index (χ3n) is 5.17. The van der Waals surface area contributed by atoms with Gasteiger partial charge in [-0.3, -0.25) is 14.2 Å². The molecular formula is C22H18F2N4O2. The number of carbonyl (C=O) groups excluding carboxylic acids is 1. The molecule has 4 rings (SSSR count). The SMILES string of the molecule is Cc1ccc(C(N)=O)cc1-c1cc2cnn(Cc3c(F)cccc3F)c2n(C)c1=O. The van der Waals surface area contributed by atoms with Crippen molar-refractivity contribution in [3.63, 3.8) is 0 Å². The Labute approximate surface area is 170 Å². The maximum atomic E-state index is 14.1. The Morgan fingerprint density at radius 1 is 1.10 bits per heavy atom. The molecule has 30 heavy (non-hydrogen) atoms. The van der Waals surface area contributed by atoms with E-state index in [4.69, 9.17) is 5.73 Å². The number of nitrogens with zero attached hydrogens (tertiary/aromatic N) is 3. The Balaban J connectivity index is 1.89. The monoisotopic (exact) mass is 408 g/mol. The van der Waals surface area contributed by atoms with E-state index in [1.807, 2.05) is 6.92 Å². The predicted octanol–water partition coefficient (Wildman–Crippen LogP) is 3.14. The molecular weight excluding hydrogens is 390 g/mol. The van der Waals surface area contributed by atoms with E-state index >= 15 is 0 Å². The molecule has 2 heterocycles. The van der Waals surface area contributed by atoms with Gasteiger partial charge in [0.15, 0.2) is 0 Å². The van der Waals surface area contributed by atoms with Crippen LogP contribution in [0.4, 0.5) is 8.78 Å². The van der Waals surface area contributed by atoms with Crippen LogP contribution >= 0.6 is 0 Å². The fourth-order valence-corrected chi connectivity index (χ4v) is 3.56. The molecule has 0 saturated carbocycles. The van der Waals surface area contributed by atoms with E-state index in [0.717, 1.165) is 5.56 Å². The number of aryl methyl sites for hydroxylation is 2. The average molecular weight is 408 g/mol. The van der Waals surface area contributed by atoms with Gasteiger partial charge in [0.1, 0.15) is 17.3 Å². The van der Waals surface area contributed by atoms with E-state index in [-0.39, 0.29) is 17.7 Å². The van der Waals surface area contributed by atoms with Crippen molar-refractivity contribution in [2.24, 2.45) is 12.8 Å². The highest BCUT2D eigenvalue weighted by Crippen LogP contribution is 2.25. The number of primary amides is 1. The first-order chi connectivity index (χ1) is 14.3. The van der Waals surface area contributed by atoms with E-state index in [2.05, 4.69) is 5.10 Å². The first-order valence-electron chi connectivity index (χ1n) is 9.17. The van der Waals surface area contributed by atoms with Crippen LogP contribution < -0.4 is 11.3 Å². The van der Waals surface area contributed by atoms with Gasteiger partial charge in [0, 0.05) is 29.1 Å². The lowest BCUT2D eigenvalue weighted by atomic mass is 9.98. The van der Waals surface area contributed by atoms with Crippen LogP contribution in [0.25, 0.3) is 22.2 Å². The third kappa shape index (κ3) is 3.16. The van der Waals surface area contributed by atoms with Gasteiger partial charge in [0.05, 0.1) is 12.7 Å². The molecule has 0 unspecified atom stereocenters. The van der Waals surface area contributed by atoms with E-state index in [1.165, 1.54) is 33.6 Å². The van der Waals surface area contributed by atoms with Gasteiger partial charge >= 0.3 is 0 Å². The highest BCUT2D eigenvalue weighted by atomic mass is 19.1. The quantitative estimate of drug-likeness (QED) is 0.563. The van der Waals surface area contributed by atoms with Crippen molar-refractivity contribution < 1.29 is 13.6 Å². The van der Waals surface area contributed by atoms with Crippen LogP contribution in [0.5, 0.6) is 0 Å². The van der Waals surface area contributed by atoms with Crippen LogP contribution in [0.2, 0.25) is 0 Å². The van der Waals surface area contributed by atoms with Gasteiger partial charge in [-0.25, -0.2) is 13.5 Å². The van der Waals surface area contributed by atoms with E-state index in [9.17, 15) is 18.4 Å². The topological polar surface area (TPSA) is 82.9 Å². The Bertz CT molecular complexity index is 1350. The summed E-state index contributed by atoms with van der Waals surface area (Å²) in [7, 11) is 1.57. The minimum Gasteiger partial charge on any atom is -0.366 e. The average Bonchev–Trinajstić information content (AvgIpc) is 3.11. The number of pyridine rings is 1. The van der Waals surface area contributed by atoms with Gasteiger partial charge in [-0.2, -0.15) is 5.10 Å². The molecule has 0 bridgehead atoms. The summed E-state index contributed by atoms with van der Waals surface area (Å²) in [6.45, 7) is 1.67. The Hall–Kier alpha value is -3.81. The molecule has 0 aliphatic heterocycles. The number of hydrogen-bond acceptors (Lipinski definition) is 3. The molecule has 0 fully saturated rings. The highest BCUT2D eigenvalue weighted by Gasteiger charge is 2.17. The lowest BCUT2D eigenvalue weighted by Gasteiger charge is -2.12. The van der Waals surface area contributed by atoms with Gasteiger partial charge < -0.3 is 5.73 Å². The van der Waals surface area contributed by atoms with Crippen molar-refractivity contribution in [3.05, 3.63) is 87.3 Å². The summed E-state index contributed by atoms with van der Waals surface area (Å²) in [5, 5.41) is 4.85. The maximum absolute atomic E-state index is 14.1. The summed E-state index contributed by atoms with van der Waals surface area (Å²) < 4.78 is 30.9. The number of amides is 1. The molecule has 152 valence electrons. The standard InChI is InChI=1S/C22H18F2N4O2/c1-12-6-7-13(20(25)29)8-15(12)16-9-14-10-26-28(21(14)27(2)22(16)30)11-17-18(23)4-3-5-19(17)24/h3-10H,11H2,1-2H3,(H2,25,29). The zero-order chi connectivity index (χ0) is 21.6. The fourth-order valence-electron chi connectivity index (χ4n) is 3.56. The van der Waals surface area contributed by atoms with Gasteiger partial charge in [0.2, 0.25) is 5.91 Å². The summed E-state index contributed by atoms with van der Waals surface area (Å²) in [6, 6.07) is 10.2. The second-order valence-electron chi connectivity index (χ2n) is 7.10. The smallest absolute Gasteiger partial charge is 0.259 e. The molecule has 0 spiro atoms. The number of rotatable bonds is 4. The van der Waals surface area contributed by atoms with Crippen molar-refractivity contribution >= 4 is 16.9 Å². The van der Waals surface area contributed by atoms with Gasteiger partial charge in [-0.15, -0.1) is 0 Å². The van der Waals surface area contributed by atoms with Crippen LogP contribution in [0, 0.1) is 18.6 Å². The van der Waals surface area contributed by atoms with Gasteiger partial charge in [-0.1, -0.05) is 12.1 Å². The molecule has 0 aliphatic carbocycles.